The molecule has 0 spiro atoms. The number of carbonyl (C=O) groups is 4. The second kappa shape index (κ2) is 9.97. The molecule has 6 heteroatoms. The van der Waals surface area contributed by atoms with Crippen molar-refractivity contribution in [1.82, 2.24) is 0 Å². The van der Waals surface area contributed by atoms with E-state index in [1.54, 1.807) is 54.6 Å². The largest absolute Gasteiger partial charge is 0.445 e. The van der Waals surface area contributed by atoms with Crippen molar-refractivity contribution in [2.45, 2.75) is 32.8 Å². The molecule has 0 aromatic heterocycles. The van der Waals surface area contributed by atoms with Crippen LogP contribution in [-0.4, -0.2) is 23.6 Å². The summed E-state index contributed by atoms with van der Waals surface area (Å²) in [7, 11) is 0. The molecule has 37 heavy (non-hydrogen) atoms. The Morgan fingerprint density at radius 1 is 0.784 bits per heavy atom. The molecule has 5 rings (SSSR count). The van der Waals surface area contributed by atoms with E-state index in [-0.39, 0.29) is 35.0 Å². The Balaban J connectivity index is 1.43. The Labute approximate surface area is 215 Å². The van der Waals surface area contributed by atoms with E-state index in [2.05, 4.69) is 0 Å². The predicted molar refractivity (Wildman–Crippen MR) is 139 cm³/mol. The molecule has 1 fully saturated rings. The van der Waals surface area contributed by atoms with Crippen LogP contribution in [0.15, 0.2) is 84.9 Å². The zero-order chi connectivity index (χ0) is 26.1. The van der Waals surface area contributed by atoms with E-state index < -0.39 is 12.1 Å². The van der Waals surface area contributed by atoms with Gasteiger partial charge in [0.25, 0.3) is 0 Å². The average Bonchev–Trinajstić information content (AvgIpc) is 3.18. The first-order valence-electron chi connectivity index (χ1n) is 12.4. The molecular weight excluding hydrogens is 466 g/mol. The Kier molecular flexibility index (Phi) is 6.57. The second-order valence-corrected chi connectivity index (χ2v) is 9.58. The van der Waals surface area contributed by atoms with Gasteiger partial charge in [-0.1, -0.05) is 60.7 Å². The molecule has 0 N–H and O–H groups in total. The standard InChI is InChI=1S/C31H27NO5/c1-19-15-16-22(17-20(19)2)27(33)28(21-9-4-3-5-10-21)37-31(36)23-11-8-12-24(18-23)32-29(34)25-13-6-7-14-26(25)30(32)35/h3-12,15-18,25-26,28H,13-14H2,1-2H3/t25-,26-,28-/m1/s1. The average molecular weight is 494 g/mol. The van der Waals surface area contributed by atoms with Gasteiger partial charge in [0, 0.05) is 11.1 Å². The molecule has 2 aliphatic rings. The third-order valence-electron chi connectivity index (χ3n) is 7.20. The first-order valence-corrected chi connectivity index (χ1v) is 12.4. The number of imide groups is 1. The molecule has 1 saturated heterocycles. The van der Waals surface area contributed by atoms with Crippen molar-refractivity contribution < 1.29 is 23.9 Å². The lowest BCUT2D eigenvalue weighted by molar-refractivity contribution is -0.122. The van der Waals surface area contributed by atoms with Gasteiger partial charge in [0.1, 0.15) is 0 Å². The Hall–Kier alpha value is -4.32. The minimum absolute atomic E-state index is 0.153. The Bertz CT molecular complexity index is 1400. The lowest BCUT2D eigenvalue weighted by Crippen LogP contribution is -2.31. The van der Waals surface area contributed by atoms with E-state index in [4.69, 9.17) is 4.74 Å². The number of fused-ring (bicyclic) bond motifs is 1. The van der Waals surface area contributed by atoms with Crippen LogP contribution in [0.1, 0.15) is 56.4 Å². The smallest absolute Gasteiger partial charge is 0.339 e. The van der Waals surface area contributed by atoms with E-state index in [0.717, 1.165) is 11.1 Å². The normalized spacial score (nSPS) is 19.5. The number of anilines is 1. The molecule has 1 aliphatic carbocycles. The van der Waals surface area contributed by atoms with Crippen LogP contribution in [0.25, 0.3) is 0 Å². The summed E-state index contributed by atoms with van der Waals surface area (Å²) in [6, 6.07) is 20.5. The summed E-state index contributed by atoms with van der Waals surface area (Å²) in [5, 5.41) is 0. The van der Waals surface area contributed by atoms with Crippen molar-refractivity contribution in [3.63, 3.8) is 0 Å². The van der Waals surface area contributed by atoms with Crippen molar-refractivity contribution in [3.8, 4) is 0 Å². The van der Waals surface area contributed by atoms with Gasteiger partial charge in [-0.05, 0) is 62.1 Å². The monoisotopic (exact) mass is 493 g/mol. The van der Waals surface area contributed by atoms with Crippen molar-refractivity contribution in [2.24, 2.45) is 11.8 Å². The van der Waals surface area contributed by atoms with E-state index >= 15 is 0 Å². The molecule has 0 bridgehead atoms. The first kappa shape index (κ1) is 24.4. The summed E-state index contributed by atoms with van der Waals surface area (Å²) >= 11 is 0. The number of Topliss-reactive ketones (excluding diaryl/α,β-unsaturated/α-hetero) is 1. The van der Waals surface area contributed by atoms with Gasteiger partial charge in [-0.2, -0.15) is 0 Å². The zero-order valence-electron chi connectivity index (χ0n) is 20.7. The lowest BCUT2D eigenvalue weighted by atomic mass is 9.85. The van der Waals surface area contributed by atoms with Crippen LogP contribution >= 0.6 is 0 Å². The third kappa shape index (κ3) is 4.62. The van der Waals surface area contributed by atoms with Gasteiger partial charge >= 0.3 is 5.97 Å². The Morgan fingerprint density at radius 2 is 1.46 bits per heavy atom. The minimum Gasteiger partial charge on any atom is -0.445 e. The van der Waals surface area contributed by atoms with Crippen molar-refractivity contribution in [1.29, 1.82) is 0 Å². The van der Waals surface area contributed by atoms with Crippen LogP contribution < -0.4 is 4.90 Å². The van der Waals surface area contributed by atoms with Gasteiger partial charge in [0.2, 0.25) is 17.6 Å². The molecule has 0 unspecified atom stereocenters. The first-order chi connectivity index (χ1) is 17.8. The van der Waals surface area contributed by atoms with Crippen LogP contribution in [-0.2, 0) is 14.3 Å². The lowest BCUT2D eigenvalue weighted by Gasteiger charge is -2.19. The molecule has 0 saturated carbocycles. The molecule has 0 radical (unpaired) electrons. The number of carbonyl (C=O) groups excluding carboxylic acids is 4. The number of amides is 2. The summed E-state index contributed by atoms with van der Waals surface area (Å²) in [5.41, 5.74) is 3.51. The van der Waals surface area contributed by atoms with Crippen LogP contribution in [0.3, 0.4) is 0 Å². The summed E-state index contributed by atoms with van der Waals surface area (Å²) in [6.45, 7) is 3.89. The summed E-state index contributed by atoms with van der Waals surface area (Å²) in [5.74, 6) is -2.29. The molecule has 6 nitrogen and oxygen atoms in total. The van der Waals surface area contributed by atoms with Crippen molar-refractivity contribution in [2.75, 3.05) is 4.90 Å². The number of nitrogens with zero attached hydrogens (tertiary/aromatic N) is 1. The fourth-order valence-electron chi connectivity index (χ4n) is 4.95. The van der Waals surface area contributed by atoms with Gasteiger partial charge in [-0.15, -0.1) is 0 Å². The summed E-state index contributed by atoms with van der Waals surface area (Å²) in [4.78, 5) is 54.0. The highest BCUT2D eigenvalue weighted by Gasteiger charge is 2.47. The maximum absolute atomic E-state index is 13.5. The minimum atomic E-state index is -1.15. The van der Waals surface area contributed by atoms with E-state index in [1.165, 1.54) is 11.0 Å². The van der Waals surface area contributed by atoms with E-state index in [0.29, 0.717) is 29.7 Å². The quantitative estimate of drug-likeness (QED) is 0.195. The van der Waals surface area contributed by atoms with Gasteiger partial charge in [-0.25, -0.2) is 4.79 Å². The number of benzene rings is 3. The summed E-state index contributed by atoms with van der Waals surface area (Å²) in [6.07, 6.45) is 3.78. The number of hydrogen-bond acceptors (Lipinski definition) is 5. The number of rotatable bonds is 6. The van der Waals surface area contributed by atoms with Gasteiger partial charge in [0.15, 0.2) is 6.10 Å². The highest BCUT2D eigenvalue weighted by molar-refractivity contribution is 6.22. The summed E-state index contributed by atoms with van der Waals surface area (Å²) < 4.78 is 5.79. The molecule has 1 heterocycles. The SMILES string of the molecule is Cc1ccc(C(=O)[C@H](OC(=O)c2cccc(N3C(=O)[C@@H]4CC=CC[C@H]4C3=O)c2)c2ccccc2)cc1C. The van der Waals surface area contributed by atoms with Gasteiger partial charge < -0.3 is 4.74 Å². The van der Waals surface area contributed by atoms with E-state index in [9.17, 15) is 19.2 Å². The van der Waals surface area contributed by atoms with Crippen LogP contribution in [0.5, 0.6) is 0 Å². The number of ether oxygens (including phenoxy) is 1. The van der Waals surface area contributed by atoms with E-state index in [1.807, 2.05) is 38.1 Å². The highest BCUT2D eigenvalue weighted by atomic mass is 16.5. The number of aryl methyl sites for hydroxylation is 2. The third-order valence-corrected chi connectivity index (χ3v) is 7.20. The number of ketones is 1. The van der Waals surface area contributed by atoms with Crippen molar-refractivity contribution >= 4 is 29.3 Å². The molecule has 3 aromatic rings. The van der Waals surface area contributed by atoms with Gasteiger partial charge in [-0.3, -0.25) is 19.3 Å². The molecular formula is C31H27NO5. The molecule has 2 amide bonds. The van der Waals surface area contributed by atoms with Crippen LogP contribution in [0.4, 0.5) is 5.69 Å². The van der Waals surface area contributed by atoms with Crippen molar-refractivity contribution in [3.05, 3.63) is 113 Å². The molecule has 186 valence electrons. The van der Waals surface area contributed by atoms with Crippen LogP contribution in [0.2, 0.25) is 0 Å². The molecule has 1 aliphatic heterocycles. The predicted octanol–water partition coefficient (Wildman–Crippen LogP) is 5.54. The topological polar surface area (TPSA) is 80.8 Å². The fraction of sp³-hybridized carbons (Fsp3) is 0.226. The van der Waals surface area contributed by atoms with Gasteiger partial charge in [0.05, 0.1) is 23.1 Å². The number of esters is 1. The maximum Gasteiger partial charge on any atom is 0.339 e. The maximum atomic E-state index is 13.5. The number of hydrogen-bond donors (Lipinski definition) is 0. The van der Waals surface area contributed by atoms with Crippen LogP contribution in [0, 0.1) is 25.7 Å². The number of allylic oxidation sites excluding steroid dienone is 2. The second-order valence-electron chi connectivity index (χ2n) is 9.58. The Morgan fingerprint density at radius 3 is 2.11 bits per heavy atom. The zero-order valence-corrected chi connectivity index (χ0v) is 20.7. The molecule has 3 atom stereocenters. The molecule has 3 aromatic carbocycles. The fourth-order valence-corrected chi connectivity index (χ4v) is 4.95. The highest BCUT2D eigenvalue weighted by Crippen LogP contribution is 2.38.